The van der Waals surface area contributed by atoms with E-state index in [1.807, 2.05) is 7.05 Å². The van der Waals surface area contributed by atoms with Crippen LogP contribution in [-0.2, 0) is 10.8 Å². The Labute approximate surface area is 115 Å². The van der Waals surface area contributed by atoms with Crippen molar-refractivity contribution in [3.05, 3.63) is 28.2 Å². The standard InChI is InChI=1S/C12H17Cl2NOS/c1-3-4-9(15-2)8-17(16)10-5-6-11(13)12(14)7-10/h5-7,9,15H,3-4,8H2,1-2H3. The molecule has 1 aromatic rings. The molecular formula is C12H17Cl2NOS. The highest BCUT2D eigenvalue weighted by molar-refractivity contribution is 7.85. The quantitative estimate of drug-likeness (QED) is 0.870. The summed E-state index contributed by atoms with van der Waals surface area (Å²) in [6.45, 7) is 2.12. The Hall–Kier alpha value is -0.0900. The summed E-state index contributed by atoms with van der Waals surface area (Å²) in [5.74, 6) is 0.600. The third-order valence-electron chi connectivity index (χ3n) is 2.55. The van der Waals surface area contributed by atoms with Crippen molar-refractivity contribution in [1.82, 2.24) is 5.32 Å². The monoisotopic (exact) mass is 293 g/mol. The normalized spacial score (nSPS) is 14.6. The summed E-state index contributed by atoms with van der Waals surface area (Å²) < 4.78 is 12.1. The number of hydrogen-bond acceptors (Lipinski definition) is 2. The van der Waals surface area contributed by atoms with Gasteiger partial charge in [0.25, 0.3) is 0 Å². The Bertz CT molecular complexity index is 398. The van der Waals surface area contributed by atoms with Gasteiger partial charge in [0.1, 0.15) is 0 Å². The summed E-state index contributed by atoms with van der Waals surface area (Å²) in [4.78, 5) is 0.732. The minimum atomic E-state index is -1.04. The van der Waals surface area contributed by atoms with E-state index >= 15 is 0 Å². The molecule has 0 saturated carbocycles. The van der Waals surface area contributed by atoms with Crippen LogP contribution in [-0.4, -0.2) is 23.1 Å². The molecule has 0 radical (unpaired) electrons. The van der Waals surface area contributed by atoms with Gasteiger partial charge >= 0.3 is 0 Å². The molecule has 0 heterocycles. The van der Waals surface area contributed by atoms with Crippen LogP contribution in [0.5, 0.6) is 0 Å². The maximum Gasteiger partial charge on any atom is 0.0604 e. The highest BCUT2D eigenvalue weighted by atomic mass is 35.5. The molecule has 2 unspecified atom stereocenters. The second kappa shape index (κ2) is 7.37. The molecule has 2 atom stereocenters. The molecular weight excluding hydrogens is 277 g/mol. The Balaban J connectivity index is 2.72. The van der Waals surface area contributed by atoms with Crippen LogP contribution < -0.4 is 5.32 Å². The van der Waals surface area contributed by atoms with Gasteiger partial charge in [-0.3, -0.25) is 4.21 Å². The second-order valence-corrected chi connectivity index (χ2v) is 6.17. The molecule has 0 aliphatic rings. The smallest absolute Gasteiger partial charge is 0.0604 e. The van der Waals surface area contributed by atoms with Gasteiger partial charge < -0.3 is 5.32 Å². The predicted octanol–water partition coefficient (Wildman–Crippen LogP) is 3.49. The van der Waals surface area contributed by atoms with Crippen molar-refractivity contribution in [2.45, 2.75) is 30.7 Å². The van der Waals surface area contributed by atoms with Gasteiger partial charge in [0.2, 0.25) is 0 Å². The van der Waals surface area contributed by atoms with Gasteiger partial charge in [-0.2, -0.15) is 0 Å². The van der Waals surface area contributed by atoms with E-state index in [9.17, 15) is 4.21 Å². The molecule has 0 saturated heterocycles. The molecule has 1 rings (SSSR count). The number of nitrogens with one attached hydrogen (secondary N) is 1. The predicted molar refractivity (Wildman–Crippen MR) is 75.5 cm³/mol. The van der Waals surface area contributed by atoms with Crippen molar-refractivity contribution in [1.29, 1.82) is 0 Å². The number of hydrogen-bond donors (Lipinski definition) is 1. The van der Waals surface area contributed by atoms with Crippen LogP contribution in [0.1, 0.15) is 19.8 Å². The van der Waals surface area contributed by atoms with Crippen molar-refractivity contribution in [3.63, 3.8) is 0 Å². The molecule has 0 aliphatic carbocycles. The summed E-state index contributed by atoms with van der Waals surface area (Å²) in [7, 11) is 0.856. The van der Waals surface area contributed by atoms with E-state index in [0.717, 1.165) is 17.7 Å². The fourth-order valence-electron chi connectivity index (χ4n) is 1.56. The molecule has 1 aromatic carbocycles. The third kappa shape index (κ3) is 4.59. The van der Waals surface area contributed by atoms with Gasteiger partial charge in [-0.1, -0.05) is 36.5 Å². The maximum absolute atomic E-state index is 12.1. The molecule has 0 bridgehead atoms. The first-order chi connectivity index (χ1) is 8.08. The van der Waals surface area contributed by atoms with Crippen LogP contribution in [0.2, 0.25) is 10.0 Å². The first-order valence-corrected chi connectivity index (χ1v) is 7.66. The van der Waals surface area contributed by atoms with Crippen molar-refractivity contribution in [2.75, 3.05) is 12.8 Å². The van der Waals surface area contributed by atoms with Gasteiger partial charge in [-0.15, -0.1) is 0 Å². The lowest BCUT2D eigenvalue weighted by Gasteiger charge is -2.14. The number of rotatable bonds is 6. The average molecular weight is 294 g/mol. The Morgan fingerprint density at radius 3 is 2.59 bits per heavy atom. The van der Waals surface area contributed by atoms with E-state index < -0.39 is 10.8 Å². The summed E-state index contributed by atoms with van der Waals surface area (Å²) >= 11 is 11.7. The fourth-order valence-corrected chi connectivity index (χ4v) is 3.28. The molecule has 5 heteroatoms. The zero-order chi connectivity index (χ0) is 12.8. The maximum atomic E-state index is 12.1. The van der Waals surface area contributed by atoms with Crippen molar-refractivity contribution < 1.29 is 4.21 Å². The van der Waals surface area contributed by atoms with Crippen molar-refractivity contribution in [2.24, 2.45) is 0 Å². The highest BCUT2D eigenvalue weighted by Gasteiger charge is 2.12. The van der Waals surface area contributed by atoms with Gasteiger partial charge in [0, 0.05) is 16.7 Å². The van der Waals surface area contributed by atoms with E-state index in [2.05, 4.69) is 12.2 Å². The minimum absolute atomic E-state index is 0.273. The molecule has 0 spiro atoms. The Morgan fingerprint density at radius 2 is 2.06 bits per heavy atom. The average Bonchev–Trinajstić information content (AvgIpc) is 2.31. The lowest BCUT2D eigenvalue weighted by molar-refractivity contribution is 0.557. The first kappa shape index (κ1) is 15.0. The topological polar surface area (TPSA) is 29.1 Å². The van der Waals surface area contributed by atoms with Crippen LogP contribution in [0.15, 0.2) is 23.1 Å². The molecule has 0 aromatic heterocycles. The highest BCUT2D eigenvalue weighted by Crippen LogP contribution is 2.24. The Kier molecular flexibility index (Phi) is 6.49. The lowest BCUT2D eigenvalue weighted by atomic mass is 10.2. The third-order valence-corrected chi connectivity index (χ3v) is 4.78. The Morgan fingerprint density at radius 1 is 1.35 bits per heavy atom. The zero-order valence-corrected chi connectivity index (χ0v) is 12.3. The van der Waals surface area contributed by atoms with Crippen LogP contribution >= 0.6 is 23.2 Å². The molecule has 0 aliphatic heterocycles. The van der Waals surface area contributed by atoms with E-state index in [1.54, 1.807) is 18.2 Å². The summed E-state index contributed by atoms with van der Waals surface area (Å²) in [5.41, 5.74) is 0. The van der Waals surface area contributed by atoms with Crippen molar-refractivity contribution >= 4 is 34.0 Å². The van der Waals surface area contributed by atoms with Gasteiger partial charge in [0.05, 0.1) is 20.8 Å². The number of benzene rings is 1. The molecule has 1 N–H and O–H groups in total. The van der Waals surface area contributed by atoms with E-state index in [4.69, 9.17) is 23.2 Å². The zero-order valence-electron chi connectivity index (χ0n) is 10.0. The van der Waals surface area contributed by atoms with Crippen LogP contribution in [0.4, 0.5) is 0 Å². The van der Waals surface area contributed by atoms with Gasteiger partial charge in [-0.25, -0.2) is 0 Å². The summed E-state index contributed by atoms with van der Waals surface area (Å²) in [6.07, 6.45) is 2.09. The fraction of sp³-hybridized carbons (Fsp3) is 0.500. The number of halogens is 2. The second-order valence-electron chi connectivity index (χ2n) is 3.86. The SMILES string of the molecule is CCCC(CS(=O)c1ccc(Cl)c(Cl)c1)NC. The van der Waals surface area contributed by atoms with Gasteiger partial charge in [0.15, 0.2) is 0 Å². The first-order valence-electron chi connectivity index (χ1n) is 5.59. The van der Waals surface area contributed by atoms with E-state index in [0.29, 0.717) is 15.8 Å². The van der Waals surface area contributed by atoms with Crippen LogP contribution in [0.3, 0.4) is 0 Å². The largest absolute Gasteiger partial charge is 0.316 e. The minimum Gasteiger partial charge on any atom is -0.316 e. The van der Waals surface area contributed by atoms with Crippen molar-refractivity contribution in [3.8, 4) is 0 Å². The molecule has 2 nitrogen and oxygen atoms in total. The molecule has 0 amide bonds. The van der Waals surface area contributed by atoms with E-state index in [-0.39, 0.29) is 6.04 Å². The molecule has 17 heavy (non-hydrogen) atoms. The summed E-state index contributed by atoms with van der Waals surface area (Å²) in [5, 5.41) is 4.12. The van der Waals surface area contributed by atoms with Crippen LogP contribution in [0, 0.1) is 0 Å². The summed E-state index contributed by atoms with van der Waals surface area (Å²) in [6, 6.07) is 5.41. The molecule has 96 valence electrons. The van der Waals surface area contributed by atoms with Gasteiger partial charge in [-0.05, 0) is 31.7 Å². The van der Waals surface area contributed by atoms with Crippen LogP contribution in [0.25, 0.3) is 0 Å². The lowest BCUT2D eigenvalue weighted by Crippen LogP contribution is -2.30. The molecule has 0 fully saturated rings. The van der Waals surface area contributed by atoms with E-state index in [1.165, 1.54) is 0 Å².